The van der Waals surface area contributed by atoms with Crippen molar-refractivity contribution in [2.24, 2.45) is 0 Å². The summed E-state index contributed by atoms with van der Waals surface area (Å²) in [5, 5.41) is 15.1. The van der Waals surface area contributed by atoms with Crippen LogP contribution in [0.1, 0.15) is 20.7 Å². The van der Waals surface area contributed by atoms with E-state index < -0.39 is 5.97 Å². The Morgan fingerprint density at radius 3 is 2.52 bits per heavy atom. The first kappa shape index (κ1) is 17.9. The lowest BCUT2D eigenvalue weighted by molar-refractivity contribution is 0.0697. The van der Waals surface area contributed by atoms with Gasteiger partial charge in [-0.25, -0.2) is 9.78 Å². The van der Waals surface area contributed by atoms with Crippen LogP contribution in [0, 0.1) is 0 Å². The van der Waals surface area contributed by atoms with Gasteiger partial charge in [-0.05, 0) is 42.5 Å². The van der Waals surface area contributed by atoms with E-state index in [0.29, 0.717) is 22.7 Å². The first-order chi connectivity index (χ1) is 13.1. The first-order valence-electron chi connectivity index (χ1n) is 8.08. The largest absolute Gasteiger partial charge is 0.495 e. The molecule has 0 bridgehead atoms. The van der Waals surface area contributed by atoms with Gasteiger partial charge in [-0.1, -0.05) is 18.2 Å². The highest BCUT2D eigenvalue weighted by molar-refractivity contribution is 6.04. The summed E-state index contributed by atoms with van der Waals surface area (Å²) in [4.78, 5) is 27.8. The highest BCUT2D eigenvalue weighted by atomic mass is 16.5. The molecule has 3 rings (SSSR count). The topological polar surface area (TPSA) is 101 Å². The molecule has 7 nitrogen and oxygen atoms in total. The van der Waals surface area contributed by atoms with E-state index in [1.165, 1.54) is 19.4 Å². The zero-order chi connectivity index (χ0) is 19.2. The maximum absolute atomic E-state index is 12.3. The zero-order valence-corrected chi connectivity index (χ0v) is 14.5. The fraction of sp³-hybridized carbons (Fsp3) is 0.0500. The number of carboxylic acid groups (broad SMARTS) is 1. The minimum absolute atomic E-state index is 0.0262. The number of aromatic carboxylic acids is 1. The number of carboxylic acids is 1. The number of methoxy groups -OCH3 is 1. The summed E-state index contributed by atoms with van der Waals surface area (Å²) in [5.41, 5.74) is 1.56. The molecule has 27 heavy (non-hydrogen) atoms. The Kier molecular flexibility index (Phi) is 5.32. The number of nitrogens with zero attached hydrogens (tertiary/aromatic N) is 1. The molecule has 3 aromatic rings. The molecule has 0 fully saturated rings. The number of hydrogen-bond donors (Lipinski definition) is 3. The van der Waals surface area contributed by atoms with Gasteiger partial charge < -0.3 is 20.5 Å². The minimum Gasteiger partial charge on any atom is -0.495 e. The van der Waals surface area contributed by atoms with Crippen molar-refractivity contribution in [1.29, 1.82) is 0 Å². The van der Waals surface area contributed by atoms with E-state index in [1.807, 2.05) is 6.07 Å². The van der Waals surface area contributed by atoms with Crippen LogP contribution in [0.5, 0.6) is 5.75 Å². The van der Waals surface area contributed by atoms with Gasteiger partial charge in [0.2, 0.25) is 0 Å². The van der Waals surface area contributed by atoms with Crippen LogP contribution in [0.2, 0.25) is 0 Å². The molecule has 7 heteroatoms. The van der Waals surface area contributed by atoms with E-state index in [2.05, 4.69) is 15.6 Å². The molecule has 0 aliphatic rings. The van der Waals surface area contributed by atoms with Gasteiger partial charge in [-0.2, -0.15) is 0 Å². The number of carbonyl (C=O) groups excluding carboxylic acids is 1. The Labute approximate surface area is 155 Å². The van der Waals surface area contributed by atoms with Crippen molar-refractivity contribution in [3.8, 4) is 5.75 Å². The van der Waals surface area contributed by atoms with Crippen molar-refractivity contribution in [1.82, 2.24) is 4.98 Å². The van der Waals surface area contributed by atoms with E-state index in [0.717, 1.165) is 0 Å². The van der Waals surface area contributed by atoms with E-state index >= 15 is 0 Å². The van der Waals surface area contributed by atoms with Gasteiger partial charge in [0, 0.05) is 17.4 Å². The van der Waals surface area contributed by atoms with E-state index in [-0.39, 0.29) is 17.3 Å². The van der Waals surface area contributed by atoms with Crippen molar-refractivity contribution in [3.63, 3.8) is 0 Å². The Morgan fingerprint density at radius 2 is 1.81 bits per heavy atom. The Balaban J connectivity index is 1.88. The molecular weight excluding hydrogens is 346 g/mol. The number of aromatic nitrogens is 1. The summed E-state index contributed by atoms with van der Waals surface area (Å²) in [6.07, 6.45) is 1.49. The molecule has 2 aromatic carbocycles. The molecule has 0 spiro atoms. The summed E-state index contributed by atoms with van der Waals surface area (Å²) >= 11 is 0. The van der Waals surface area contributed by atoms with Crippen LogP contribution in [-0.2, 0) is 0 Å². The molecule has 1 amide bonds. The molecule has 3 N–H and O–H groups in total. The standard InChI is InChI=1S/C20H17N3O4/c1-27-17-10-9-14(22-19(24)13-6-3-2-4-7-13)12-16(17)23-18-15(20(25)26)8-5-11-21-18/h2-12H,1H3,(H,21,23)(H,22,24)(H,25,26). The summed E-state index contributed by atoms with van der Waals surface area (Å²) in [5.74, 6) is -0.696. The molecule has 0 radical (unpaired) electrons. The number of nitrogens with one attached hydrogen (secondary N) is 2. The number of ether oxygens (including phenoxy) is 1. The Bertz CT molecular complexity index is 974. The van der Waals surface area contributed by atoms with E-state index in [9.17, 15) is 14.7 Å². The smallest absolute Gasteiger partial charge is 0.339 e. The Hall–Kier alpha value is -3.87. The van der Waals surface area contributed by atoms with Crippen LogP contribution < -0.4 is 15.4 Å². The summed E-state index contributed by atoms with van der Waals surface area (Å²) in [7, 11) is 1.50. The Morgan fingerprint density at radius 1 is 1.04 bits per heavy atom. The molecule has 0 saturated heterocycles. The van der Waals surface area contributed by atoms with Crippen molar-refractivity contribution < 1.29 is 19.4 Å². The molecule has 1 heterocycles. The van der Waals surface area contributed by atoms with Gasteiger partial charge in [0.1, 0.15) is 17.1 Å². The maximum Gasteiger partial charge on any atom is 0.339 e. The zero-order valence-electron chi connectivity index (χ0n) is 14.5. The number of hydrogen-bond acceptors (Lipinski definition) is 5. The second-order valence-electron chi connectivity index (χ2n) is 5.56. The van der Waals surface area contributed by atoms with E-state index in [4.69, 9.17) is 4.74 Å². The normalized spacial score (nSPS) is 10.1. The van der Waals surface area contributed by atoms with Gasteiger partial charge in [-0.3, -0.25) is 4.79 Å². The van der Waals surface area contributed by atoms with Crippen LogP contribution in [0.15, 0.2) is 66.9 Å². The van der Waals surface area contributed by atoms with Crippen molar-refractivity contribution >= 4 is 29.1 Å². The third-order valence-corrected chi connectivity index (χ3v) is 3.78. The van der Waals surface area contributed by atoms with Crippen LogP contribution in [0.4, 0.5) is 17.2 Å². The monoisotopic (exact) mass is 363 g/mol. The highest BCUT2D eigenvalue weighted by Gasteiger charge is 2.14. The van der Waals surface area contributed by atoms with Gasteiger partial charge in [0.05, 0.1) is 12.8 Å². The quantitative estimate of drug-likeness (QED) is 0.616. The summed E-state index contributed by atoms with van der Waals surface area (Å²) in [6, 6.07) is 16.8. The first-order valence-corrected chi connectivity index (χ1v) is 8.08. The molecule has 0 saturated carbocycles. The third-order valence-electron chi connectivity index (χ3n) is 3.78. The lowest BCUT2D eigenvalue weighted by Crippen LogP contribution is -2.12. The highest BCUT2D eigenvalue weighted by Crippen LogP contribution is 2.31. The number of amides is 1. The third kappa shape index (κ3) is 4.21. The van der Waals surface area contributed by atoms with Crippen molar-refractivity contribution in [3.05, 3.63) is 78.0 Å². The average molecular weight is 363 g/mol. The molecule has 0 unspecified atom stereocenters. The number of carbonyl (C=O) groups is 2. The average Bonchev–Trinajstić information content (AvgIpc) is 2.69. The predicted molar refractivity (Wildman–Crippen MR) is 102 cm³/mol. The maximum atomic E-state index is 12.3. The number of benzene rings is 2. The molecule has 0 aliphatic carbocycles. The summed E-state index contributed by atoms with van der Waals surface area (Å²) < 4.78 is 5.31. The summed E-state index contributed by atoms with van der Waals surface area (Å²) in [6.45, 7) is 0. The fourth-order valence-corrected chi connectivity index (χ4v) is 2.48. The van der Waals surface area contributed by atoms with Crippen molar-refractivity contribution in [2.75, 3.05) is 17.7 Å². The molecule has 0 atom stereocenters. The number of pyridine rings is 1. The second-order valence-corrected chi connectivity index (χ2v) is 5.56. The molecule has 0 aliphatic heterocycles. The molecule has 1 aromatic heterocycles. The lowest BCUT2D eigenvalue weighted by Gasteiger charge is -2.14. The van der Waals surface area contributed by atoms with Crippen LogP contribution in [0.25, 0.3) is 0 Å². The van der Waals surface area contributed by atoms with Gasteiger partial charge in [0.15, 0.2) is 0 Å². The SMILES string of the molecule is COc1ccc(NC(=O)c2ccccc2)cc1Nc1ncccc1C(=O)O. The molecular formula is C20H17N3O4. The minimum atomic E-state index is -1.10. The van der Waals surface area contributed by atoms with Gasteiger partial charge in [-0.15, -0.1) is 0 Å². The van der Waals surface area contributed by atoms with Crippen LogP contribution >= 0.6 is 0 Å². The van der Waals surface area contributed by atoms with Crippen LogP contribution in [-0.4, -0.2) is 29.1 Å². The van der Waals surface area contributed by atoms with Crippen molar-refractivity contribution in [2.45, 2.75) is 0 Å². The van der Waals surface area contributed by atoms with Gasteiger partial charge >= 0.3 is 5.97 Å². The number of rotatable bonds is 6. The van der Waals surface area contributed by atoms with Crippen LogP contribution in [0.3, 0.4) is 0 Å². The number of anilines is 3. The van der Waals surface area contributed by atoms with Gasteiger partial charge in [0.25, 0.3) is 5.91 Å². The lowest BCUT2D eigenvalue weighted by atomic mass is 10.2. The second kappa shape index (κ2) is 8.01. The van der Waals surface area contributed by atoms with E-state index in [1.54, 1.807) is 48.5 Å². The molecule has 136 valence electrons. The predicted octanol–water partition coefficient (Wildman–Crippen LogP) is 3.78. The fourth-order valence-electron chi connectivity index (χ4n) is 2.48.